The lowest BCUT2D eigenvalue weighted by molar-refractivity contribution is -0.145. The first-order valence-electron chi connectivity index (χ1n) is 5.92. The lowest BCUT2D eigenvalue weighted by Crippen LogP contribution is -2.14. The second-order valence-corrected chi connectivity index (χ2v) is 4.14. The molecule has 0 radical (unpaired) electrons. The summed E-state index contributed by atoms with van der Waals surface area (Å²) in [5, 5.41) is 0.972. The molecule has 0 fully saturated rings. The van der Waals surface area contributed by atoms with Crippen LogP contribution in [0.4, 0.5) is 0 Å². The number of benzene rings is 1. The van der Waals surface area contributed by atoms with E-state index >= 15 is 0 Å². The lowest BCUT2D eigenvalue weighted by atomic mass is 10.2. The summed E-state index contributed by atoms with van der Waals surface area (Å²) in [6.45, 7) is 1.84. The summed E-state index contributed by atoms with van der Waals surface area (Å²) in [7, 11) is 1.50. The van der Waals surface area contributed by atoms with Gasteiger partial charge in [0.1, 0.15) is 11.5 Å². The summed E-state index contributed by atoms with van der Waals surface area (Å²) < 4.78 is 15.4. The Kier molecular flexibility index (Phi) is 4.57. The zero-order chi connectivity index (χ0) is 14.5. The van der Waals surface area contributed by atoms with E-state index in [0.717, 1.165) is 0 Å². The van der Waals surface area contributed by atoms with Gasteiger partial charge in [-0.25, -0.2) is 14.8 Å². The molecule has 2 rings (SSSR count). The molecule has 1 heterocycles. The highest BCUT2D eigenvalue weighted by molar-refractivity contribution is 6.34. The fourth-order valence-electron chi connectivity index (χ4n) is 1.64. The normalized spacial score (nSPS) is 10.3. The molecule has 20 heavy (non-hydrogen) atoms. The third-order valence-corrected chi connectivity index (χ3v) is 2.82. The van der Waals surface area contributed by atoms with Gasteiger partial charge in [-0.05, 0) is 13.0 Å². The van der Waals surface area contributed by atoms with Crippen molar-refractivity contribution in [3.63, 3.8) is 0 Å². The van der Waals surface area contributed by atoms with Gasteiger partial charge in [-0.1, -0.05) is 11.6 Å². The second-order valence-electron chi connectivity index (χ2n) is 3.78. The number of fused-ring (bicyclic) bond motifs is 1. The van der Waals surface area contributed by atoms with Crippen LogP contribution in [0.2, 0.25) is 5.15 Å². The topological polar surface area (TPSA) is 70.5 Å². The fourth-order valence-corrected chi connectivity index (χ4v) is 1.84. The Labute approximate surface area is 120 Å². The van der Waals surface area contributed by atoms with Gasteiger partial charge in [-0.15, -0.1) is 0 Å². The van der Waals surface area contributed by atoms with Crippen molar-refractivity contribution < 1.29 is 19.0 Å². The van der Waals surface area contributed by atoms with Crippen molar-refractivity contribution in [2.45, 2.75) is 6.92 Å². The molecule has 6 nitrogen and oxygen atoms in total. The van der Waals surface area contributed by atoms with Crippen LogP contribution in [0.15, 0.2) is 18.5 Å². The van der Waals surface area contributed by atoms with E-state index in [1.807, 2.05) is 0 Å². The molecule has 1 aromatic carbocycles. The number of carbonyl (C=O) groups is 1. The molecule has 1 aromatic heterocycles. The van der Waals surface area contributed by atoms with Gasteiger partial charge in [-0.3, -0.25) is 0 Å². The van der Waals surface area contributed by atoms with Crippen molar-refractivity contribution in [3.8, 4) is 11.5 Å². The van der Waals surface area contributed by atoms with Crippen molar-refractivity contribution in [2.75, 3.05) is 20.3 Å². The molecular formula is C13H13ClN2O4. The largest absolute Gasteiger partial charge is 0.493 e. The van der Waals surface area contributed by atoms with Crippen LogP contribution >= 0.6 is 11.6 Å². The maximum Gasteiger partial charge on any atom is 0.344 e. The Hall–Kier alpha value is -2.08. The first-order valence-corrected chi connectivity index (χ1v) is 6.30. The summed E-state index contributed by atoms with van der Waals surface area (Å²) in [5.41, 5.74) is 0.602. The van der Waals surface area contributed by atoms with E-state index in [1.54, 1.807) is 19.1 Å². The third kappa shape index (κ3) is 3.08. The number of esters is 1. The number of rotatable bonds is 5. The predicted molar refractivity (Wildman–Crippen MR) is 73.2 cm³/mol. The minimum Gasteiger partial charge on any atom is -0.493 e. The van der Waals surface area contributed by atoms with Crippen LogP contribution < -0.4 is 9.47 Å². The number of ether oxygens (including phenoxy) is 3. The van der Waals surface area contributed by atoms with Gasteiger partial charge >= 0.3 is 5.97 Å². The molecule has 0 spiro atoms. The molecule has 2 aromatic rings. The third-order valence-electron chi connectivity index (χ3n) is 2.52. The molecule has 0 aliphatic carbocycles. The molecule has 7 heteroatoms. The van der Waals surface area contributed by atoms with Gasteiger partial charge in [0.25, 0.3) is 0 Å². The molecule has 106 valence electrons. The first kappa shape index (κ1) is 14.3. The number of carbonyl (C=O) groups excluding carboxylic acids is 1. The minimum atomic E-state index is -0.449. The maximum atomic E-state index is 11.3. The highest BCUT2D eigenvalue weighted by atomic mass is 35.5. The minimum absolute atomic E-state index is 0.200. The highest BCUT2D eigenvalue weighted by Crippen LogP contribution is 2.33. The zero-order valence-electron chi connectivity index (χ0n) is 11.1. The van der Waals surface area contributed by atoms with Gasteiger partial charge in [-0.2, -0.15) is 0 Å². The molecule has 0 N–H and O–H groups in total. The molecule has 0 aliphatic heterocycles. The van der Waals surface area contributed by atoms with Gasteiger partial charge in [0.15, 0.2) is 18.1 Å². The Morgan fingerprint density at radius 1 is 1.30 bits per heavy atom. The van der Waals surface area contributed by atoms with Gasteiger partial charge in [0.05, 0.1) is 19.2 Å². The Bertz CT molecular complexity index is 633. The van der Waals surface area contributed by atoms with Gasteiger partial charge < -0.3 is 14.2 Å². The van der Waals surface area contributed by atoms with Crippen LogP contribution in [0.3, 0.4) is 0 Å². The van der Waals surface area contributed by atoms with Crippen LogP contribution in [-0.4, -0.2) is 36.3 Å². The quantitative estimate of drug-likeness (QED) is 0.622. The zero-order valence-corrected chi connectivity index (χ0v) is 11.8. The number of methoxy groups -OCH3 is 1. The van der Waals surface area contributed by atoms with E-state index in [0.29, 0.717) is 34.2 Å². The van der Waals surface area contributed by atoms with Crippen molar-refractivity contribution in [1.82, 2.24) is 9.97 Å². The maximum absolute atomic E-state index is 11.3. The molecule has 0 aliphatic rings. The molecule has 0 amide bonds. The average Bonchev–Trinajstić information content (AvgIpc) is 2.45. The standard InChI is InChI=1S/C13H13ClN2O4/c1-3-19-12(17)6-20-11-5-9-8(4-10(11)18-2)13(14)16-7-15-9/h4-5,7H,3,6H2,1-2H3. The van der Waals surface area contributed by atoms with Gasteiger partial charge in [0, 0.05) is 11.5 Å². The van der Waals surface area contributed by atoms with E-state index < -0.39 is 5.97 Å². The van der Waals surface area contributed by atoms with Gasteiger partial charge in [0.2, 0.25) is 0 Å². The predicted octanol–water partition coefficient (Wildman–Crippen LogP) is 2.23. The molecule has 0 bridgehead atoms. The van der Waals surface area contributed by atoms with E-state index in [1.165, 1.54) is 13.4 Å². The monoisotopic (exact) mass is 296 g/mol. The Morgan fingerprint density at radius 2 is 2.10 bits per heavy atom. The van der Waals surface area contributed by atoms with Crippen LogP contribution in [-0.2, 0) is 9.53 Å². The van der Waals surface area contributed by atoms with E-state index in [2.05, 4.69) is 9.97 Å². The Morgan fingerprint density at radius 3 is 2.80 bits per heavy atom. The summed E-state index contributed by atoms with van der Waals surface area (Å²) in [6.07, 6.45) is 1.35. The summed E-state index contributed by atoms with van der Waals surface area (Å²) in [6, 6.07) is 3.30. The number of hydrogen-bond acceptors (Lipinski definition) is 6. The second kappa shape index (κ2) is 6.38. The van der Waals surface area contributed by atoms with Crippen molar-refractivity contribution in [3.05, 3.63) is 23.6 Å². The molecular weight excluding hydrogens is 284 g/mol. The molecule has 0 atom stereocenters. The number of halogens is 1. The van der Waals surface area contributed by atoms with Crippen molar-refractivity contribution in [1.29, 1.82) is 0 Å². The molecule has 0 unspecified atom stereocenters. The SMILES string of the molecule is CCOC(=O)COc1cc2ncnc(Cl)c2cc1OC. The highest BCUT2D eigenvalue weighted by Gasteiger charge is 2.12. The molecule has 0 saturated carbocycles. The fraction of sp³-hybridized carbons (Fsp3) is 0.308. The smallest absolute Gasteiger partial charge is 0.344 e. The lowest BCUT2D eigenvalue weighted by Gasteiger charge is -2.11. The van der Waals surface area contributed by atoms with Crippen LogP contribution in [0.25, 0.3) is 10.9 Å². The van der Waals surface area contributed by atoms with E-state index in [4.69, 9.17) is 25.8 Å². The summed E-state index contributed by atoms with van der Waals surface area (Å²) in [5.74, 6) is 0.386. The first-order chi connectivity index (χ1) is 9.65. The average molecular weight is 297 g/mol. The molecule has 0 saturated heterocycles. The number of nitrogens with zero attached hydrogens (tertiary/aromatic N) is 2. The Balaban J connectivity index is 2.30. The van der Waals surface area contributed by atoms with Crippen LogP contribution in [0.5, 0.6) is 11.5 Å². The van der Waals surface area contributed by atoms with Crippen molar-refractivity contribution >= 4 is 28.5 Å². The van der Waals surface area contributed by atoms with E-state index in [9.17, 15) is 4.79 Å². The van der Waals surface area contributed by atoms with Crippen molar-refractivity contribution in [2.24, 2.45) is 0 Å². The number of aromatic nitrogens is 2. The summed E-state index contributed by atoms with van der Waals surface area (Å²) in [4.78, 5) is 19.3. The van der Waals surface area contributed by atoms with Crippen LogP contribution in [0, 0.1) is 0 Å². The summed E-state index contributed by atoms with van der Waals surface area (Å²) >= 11 is 5.99. The van der Waals surface area contributed by atoms with E-state index in [-0.39, 0.29) is 6.61 Å². The van der Waals surface area contributed by atoms with Crippen LogP contribution in [0.1, 0.15) is 6.92 Å². The number of hydrogen-bond donors (Lipinski definition) is 0.